The first-order valence-electron chi connectivity index (χ1n) is 6.08. The molecule has 0 atom stereocenters. The lowest BCUT2D eigenvalue weighted by Gasteiger charge is -2.31. The van der Waals surface area contributed by atoms with Gasteiger partial charge in [0, 0.05) is 19.2 Å². The van der Waals surface area contributed by atoms with E-state index in [0.29, 0.717) is 5.88 Å². The first-order chi connectivity index (χ1) is 8.74. The Morgan fingerprint density at radius 1 is 1.33 bits per heavy atom. The molecule has 1 aliphatic rings. The lowest BCUT2D eigenvalue weighted by molar-refractivity contribution is -0.146. The zero-order valence-corrected chi connectivity index (χ0v) is 10.8. The summed E-state index contributed by atoms with van der Waals surface area (Å²) in [6, 6.07) is 5.71. The Bertz CT molecular complexity index is 414. The van der Waals surface area contributed by atoms with Crippen LogP contribution in [0.25, 0.3) is 0 Å². The molecule has 18 heavy (non-hydrogen) atoms. The number of piperidine rings is 1. The number of methoxy groups -OCH3 is 2. The van der Waals surface area contributed by atoms with Crippen LogP contribution in [0, 0.1) is 5.92 Å². The van der Waals surface area contributed by atoms with Crippen molar-refractivity contribution in [2.45, 2.75) is 12.8 Å². The third-order valence-electron chi connectivity index (χ3n) is 3.27. The van der Waals surface area contributed by atoms with E-state index in [-0.39, 0.29) is 11.9 Å². The van der Waals surface area contributed by atoms with Crippen molar-refractivity contribution in [1.82, 2.24) is 4.98 Å². The maximum absolute atomic E-state index is 11.4. The van der Waals surface area contributed by atoms with Crippen LogP contribution in [-0.4, -0.2) is 38.3 Å². The van der Waals surface area contributed by atoms with Crippen LogP contribution < -0.4 is 9.64 Å². The first kappa shape index (κ1) is 12.7. The van der Waals surface area contributed by atoms with Crippen LogP contribution in [0.3, 0.4) is 0 Å². The van der Waals surface area contributed by atoms with Gasteiger partial charge in [-0.05, 0) is 18.9 Å². The average molecular weight is 250 g/mol. The molecule has 5 nitrogen and oxygen atoms in total. The van der Waals surface area contributed by atoms with Crippen LogP contribution in [0.15, 0.2) is 18.2 Å². The lowest BCUT2D eigenvalue weighted by Crippen LogP contribution is -2.37. The number of esters is 1. The highest BCUT2D eigenvalue weighted by atomic mass is 16.5. The molecule has 5 heteroatoms. The molecule has 0 aliphatic carbocycles. The van der Waals surface area contributed by atoms with Gasteiger partial charge in [-0.2, -0.15) is 4.98 Å². The molecule has 0 saturated carbocycles. The first-order valence-corrected chi connectivity index (χ1v) is 6.08. The van der Waals surface area contributed by atoms with Gasteiger partial charge in [-0.3, -0.25) is 4.79 Å². The van der Waals surface area contributed by atoms with Crippen molar-refractivity contribution in [2.24, 2.45) is 5.92 Å². The second kappa shape index (κ2) is 5.71. The van der Waals surface area contributed by atoms with E-state index in [1.165, 1.54) is 7.11 Å². The van der Waals surface area contributed by atoms with Crippen LogP contribution >= 0.6 is 0 Å². The van der Waals surface area contributed by atoms with E-state index in [1.54, 1.807) is 7.11 Å². The minimum atomic E-state index is -0.103. The number of rotatable bonds is 3. The second-order valence-electron chi connectivity index (χ2n) is 4.32. The van der Waals surface area contributed by atoms with Crippen LogP contribution in [-0.2, 0) is 9.53 Å². The number of nitrogens with zero attached hydrogens (tertiary/aromatic N) is 2. The van der Waals surface area contributed by atoms with Gasteiger partial charge in [-0.25, -0.2) is 0 Å². The Balaban J connectivity index is 1.98. The number of hydrogen-bond acceptors (Lipinski definition) is 5. The van der Waals surface area contributed by atoms with Crippen molar-refractivity contribution in [3.8, 4) is 5.88 Å². The van der Waals surface area contributed by atoms with E-state index in [1.807, 2.05) is 18.2 Å². The van der Waals surface area contributed by atoms with Crippen molar-refractivity contribution >= 4 is 11.8 Å². The summed E-state index contributed by atoms with van der Waals surface area (Å²) in [6.07, 6.45) is 1.62. The summed E-state index contributed by atoms with van der Waals surface area (Å²) in [4.78, 5) is 18.0. The summed E-state index contributed by atoms with van der Waals surface area (Å²) in [5, 5.41) is 0. The topological polar surface area (TPSA) is 51.7 Å². The third kappa shape index (κ3) is 2.72. The van der Waals surface area contributed by atoms with Gasteiger partial charge in [-0.15, -0.1) is 0 Å². The standard InChI is InChI=1S/C13H18N2O3/c1-17-12-5-3-4-11(14-12)15-8-6-10(7-9-15)13(16)18-2/h3-5,10H,6-9H2,1-2H3. The quantitative estimate of drug-likeness (QED) is 0.760. The molecular weight excluding hydrogens is 232 g/mol. The number of carbonyl (C=O) groups is 1. The van der Waals surface area contributed by atoms with E-state index in [2.05, 4.69) is 9.88 Å². The Kier molecular flexibility index (Phi) is 4.02. The zero-order chi connectivity index (χ0) is 13.0. The minimum Gasteiger partial charge on any atom is -0.481 e. The summed E-state index contributed by atoms with van der Waals surface area (Å²) in [5.41, 5.74) is 0. The summed E-state index contributed by atoms with van der Waals surface area (Å²) in [6.45, 7) is 1.64. The number of carbonyl (C=O) groups excluding carboxylic acids is 1. The van der Waals surface area contributed by atoms with Crippen LogP contribution in [0.2, 0.25) is 0 Å². The molecule has 0 aromatic carbocycles. The van der Waals surface area contributed by atoms with Crippen molar-refractivity contribution < 1.29 is 14.3 Å². The fourth-order valence-electron chi connectivity index (χ4n) is 2.20. The predicted molar refractivity (Wildman–Crippen MR) is 67.7 cm³/mol. The minimum absolute atomic E-state index is 0.0249. The van der Waals surface area contributed by atoms with E-state index in [0.717, 1.165) is 31.7 Å². The smallest absolute Gasteiger partial charge is 0.308 e. The van der Waals surface area contributed by atoms with Gasteiger partial charge in [0.1, 0.15) is 5.82 Å². The van der Waals surface area contributed by atoms with Crippen LogP contribution in [0.4, 0.5) is 5.82 Å². The summed E-state index contributed by atoms with van der Waals surface area (Å²) >= 11 is 0. The Morgan fingerprint density at radius 3 is 2.67 bits per heavy atom. The van der Waals surface area contributed by atoms with Gasteiger partial charge in [-0.1, -0.05) is 6.07 Å². The fourth-order valence-corrected chi connectivity index (χ4v) is 2.20. The largest absolute Gasteiger partial charge is 0.481 e. The molecular formula is C13H18N2O3. The fraction of sp³-hybridized carbons (Fsp3) is 0.538. The number of ether oxygens (including phenoxy) is 2. The monoisotopic (exact) mass is 250 g/mol. The molecule has 0 bridgehead atoms. The van der Waals surface area contributed by atoms with Gasteiger partial charge < -0.3 is 14.4 Å². The van der Waals surface area contributed by atoms with Gasteiger partial charge in [0.15, 0.2) is 0 Å². The lowest BCUT2D eigenvalue weighted by atomic mass is 9.97. The molecule has 0 unspecified atom stereocenters. The number of aromatic nitrogens is 1. The van der Waals surface area contributed by atoms with Crippen LogP contribution in [0.1, 0.15) is 12.8 Å². The predicted octanol–water partition coefficient (Wildman–Crippen LogP) is 1.48. The van der Waals surface area contributed by atoms with Crippen molar-refractivity contribution in [1.29, 1.82) is 0 Å². The van der Waals surface area contributed by atoms with E-state index >= 15 is 0 Å². The molecule has 1 saturated heterocycles. The van der Waals surface area contributed by atoms with Crippen molar-refractivity contribution in [3.05, 3.63) is 18.2 Å². The molecule has 98 valence electrons. The van der Waals surface area contributed by atoms with Gasteiger partial charge in [0.2, 0.25) is 5.88 Å². The highest BCUT2D eigenvalue weighted by Gasteiger charge is 2.26. The van der Waals surface area contributed by atoms with Gasteiger partial charge in [0.05, 0.1) is 20.1 Å². The normalized spacial score (nSPS) is 16.4. The maximum Gasteiger partial charge on any atom is 0.308 e. The molecule has 2 heterocycles. The number of anilines is 1. The summed E-state index contributed by atoms with van der Waals surface area (Å²) < 4.78 is 9.88. The molecule has 0 N–H and O–H groups in total. The van der Waals surface area contributed by atoms with Gasteiger partial charge >= 0.3 is 5.97 Å². The highest BCUT2D eigenvalue weighted by molar-refractivity contribution is 5.72. The molecule has 0 amide bonds. The average Bonchev–Trinajstić information content (AvgIpc) is 2.46. The second-order valence-corrected chi connectivity index (χ2v) is 4.32. The van der Waals surface area contributed by atoms with E-state index in [9.17, 15) is 4.79 Å². The molecule has 1 aliphatic heterocycles. The Labute approximate surface area is 107 Å². The number of hydrogen-bond donors (Lipinski definition) is 0. The van der Waals surface area contributed by atoms with Gasteiger partial charge in [0.25, 0.3) is 0 Å². The molecule has 0 radical (unpaired) electrons. The summed E-state index contributed by atoms with van der Waals surface area (Å²) in [7, 11) is 3.05. The SMILES string of the molecule is COC(=O)C1CCN(c2cccc(OC)n2)CC1. The van der Waals surface area contributed by atoms with Crippen molar-refractivity contribution in [3.63, 3.8) is 0 Å². The molecule has 0 spiro atoms. The molecule has 1 aromatic rings. The maximum atomic E-state index is 11.4. The zero-order valence-electron chi connectivity index (χ0n) is 10.8. The van der Waals surface area contributed by atoms with E-state index < -0.39 is 0 Å². The van der Waals surface area contributed by atoms with Crippen molar-refractivity contribution in [2.75, 3.05) is 32.2 Å². The third-order valence-corrected chi connectivity index (χ3v) is 3.27. The Hall–Kier alpha value is -1.78. The number of pyridine rings is 1. The highest BCUT2D eigenvalue weighted by Crippen LogP contribution is 2.23. The summed E-state index contributed by atoms with van der Waals surface area (Å²) in [5.74, 6) is 1.44. The molecule has 1 fully saturated rings. The van der Waals surface area contributed by atoms with E-state index in [4.69, 9.17) is 9.47 Å². The molecule has 2 rings (SSSR count). The molecule has 1 aromatic heterocycles. The Morgan fingerprint density at radius 2 is 2.06 bits per heavy atom. The van der Waals surface area contributed by atoms with Crippen LogP contribution in [0.5, 0.6) is 5.88 Å².